The van der Waals surface area contributed by atoms with Crippen molar-refractivity contribution in [1.29, 1.82) is 0 Å². The van der Waals surface area contributed by atoms with E-state index in [9.17, 15) is 0 Å². The first-order chi connectivity index (χ1) is 8.64. The summed E-state index contributed by atoms with van der Waals surface area (Å²) < 4.78 is 0. The molecule has 0 amide bonds. The molecule has 1 rings (SSSR count). The second-order valence-electron chi connectivity index (χ2n) is 5.27. The van der Waals surface area contributed by atoms with Crippen LogP contribution in [-0.4, -0.2) is 17.6 Å². The smallest absolute Gasteiger partial charge is 0.362 e. The molecule has 0 spiro atoms. The van der Waals surface area contributed by atoms with Gasteiger partial charge in [0, 0.05) is 5.97 Å². The molecule has 0 saturated carbocycles. The topological polar surface area (TPSA) is 118 Å². The lowest BCUT2D eigenvalue weighted by atomic mass is 9.79. The van der Waals surface area contributed by atoms with Crippen molar-refractivity contribution in [3.8, 4) is 0 Å². The molecular weight excluding hydrogens is 244 g/mol. The average molecular weight is 268 g/mol. The van der Waals surface area contributed by atoms with Gasteiger partial charge in [0.2, 0.25) is 0 Å². The van der Waals surface area contributed by atoms with E-state index in [-0.39, 0.29) is 11.4 Å². The molecule has 0 fully saturated rings. The fourth-order valence-corrected chi connectivity index (χ4v) is 1.86. The maximum absolute atomic E-state index is 8.89. The first-order valence-electron chi connectivity index (χ1n) is 6.22. The van der Waals surface area contributed by atoms with E-state index in [2.05, 4.69) is 30.1 Å². The molecule has 0 aliphatic heterocycles. The highest BCUT2D eigenvalue weighted by Crippen LogP contribution is 2.33. The molecule has 0 bridgehead atoms. The number of carboxylic acid groups (broad SMARTS) is 1. The summed E-state index contributed by atoms with van der Waals surface area (Å²) >= 11 is 0. The summed E-state index contributed by atoms with van der Waals surface area (Å²) in [5.41, 5.74) is 13.1. The molecule has 0 aromatic heterocycles. The number of nitrogens with one attached hydrogen (secondary N) is 1. The number of guanidine groups is 1. The lowest BCUT2D eigenvalue weighted by Gasteiger charge is -2.27. The molecular formula is C13H24N4O2. The highest BCUT2D eigenvalue weighted by atomic mass is 16.4. The maximum atomic E-state index is 8.89. The first kappa shape index (κ1) is 17.2. The fraction of sp³-hybridized carbons (Fsp3) is 0.615. The molecule has 0 unspecified atom stereocenters. The van der Waals surface area contributed by atoms with Crippen LogP contribution in [0.25, 0.3) is 0 Å². The number of nitrogens with zero attached hydrogens (tertiary/aromatic N) is 1. The van der Waals surface area contributed by atoms with E-state index >= 15 is 0 Å². The van der Waals surface area contributed by atoms with Gasteiger partial charge in [-0.1, -0.05) is 19.9 Å². The van der Waals surface area contributed by atoms with Crippen molar-refractivity contribution in [2.24, 2.45) is 22.0 Å². The van der Waals surface area contributed by atoms with Gasteiger partial charge < -0.3 is 9.90 Å². The van der Waals surface area contributed by atoms with Gasteiger partial charge >= 0.3 is 5.96 Å². The number of aliphatic carboxylic acids is 1. The van der Waals surface area contributed by atoms with Gasteiger partial charge in [0.15, 0.2) is 0 Å². The molecule has 19 heavy (non-hydrogen) atoms. The molecule has 0 aromatic rings. The summed E-state index contributed by atoms with van der Waals surface area (Å²) in [5.74, 6) is -0.954. The van der Waals surface area contributed by atoms with Crippen molar-refractivity contribution in [3.05, 3.63) is 11.6 Å². The molecule has 0 radical (unpaired) electrons. The van der Waals surface area contributed by atoms with Gasteiger partial charge in [-0.15, -0.1) is 5.10 Å². The third-order valence-corrected chi connectivity index (χ3v) is 2.65. The molecule has 1 aliphatic carbocycles. The van der Waals surface area contributed by atoms with Crippen LogP contribution in [0.4, 0.5) is 0 Å². The van der Waals surface area contributed by atoms with E-state index in [0.29, 0.717) is 0 Å². The van der Waals surface area contributed by atoms with E-state index < -0.39 is 5.97 Å². The predicted octanol–water partition coefficient (Wildman–Crippen LogP) is -1.39. The monoisotopic (exact) mass is 268 g/mol. The van der Waals surface area contributed by atoms with Crippen LogP contribution in [-0.2, 0) is 4.79 Å². The predicted molar refractivity (Wildman–Crippen MR) is 73.8 cm³/mol. The second-order valence-corrected chi connectivity index (χ2v) is 5.27. The second kappa shape index (κ2) is 7.56. The summed E-state index contributed by atoms with van der Waals surface area (Å²) in [6.45, 7) is 7.44. The highest BCUT2D eigenvalue weighted by molar-refractivity contribution is 5.98. The van der Waals surface area contributed by atoms with Crippen molar-refractivity contribution in [1.82, 2.24) is 0 Å². The molecule has 5 N–H and O–H groups in total. The van der Waals surface area contributed by atoms with Gasteiger partial charge in [-0.05, 0) is 44.1 Å². The average Bonchev–Trinajstić information content (AvgIpc) is 2.23. The summed E-state index contributed by atoms with van der Waals surface area (Å²) in [6.07, 6.45) is 5.84. The third-order valence-electron chi connectivity index (χ3n) is 2.65. The number of carboxylic acids is 1. The summed E-state index contributed by atoms with van der Waals surface area (Å²) in [6, 6.07) is 0. The van der Waals surface area contributed by atoms with Crippen molar-refractivity contribution in [2.75, 3.05) is 0 Å². The van der Waals surface area contributed by atoms with Crippen LogP contribution in [0.5, 0.6) is 0 Å². The van der Waals surface area contributed by atoms with Gasteiger partial charge in [-0.2, -0.15) is 5.10 Å². The molecule has 0 heterocycles. The fourth-order valence-electron chi connectivity index (χ4n) is 1.86. The summed E-state index contributed by atoms with van der Waals surface area (Å²) in [4.78, 5) is 8.89. The van der Waals surface area contributed by atoms with Crippen LogP contribution in [0, 0.1) is 5.41 Å². The van der Waals surface area contributed by atoms with Gasteiger partial charge in [0.1, 0.15) is 0 Å². The minimum Gasteiger partial charge on any atom is -0.550 e. The van der Waals surface area contributed by atoms with E-state index in [4.69, 9.17) is 21.4 Å². The molecule has 0 atom stereocenters. The highest BCUT2D eigenvalue weighted by Gasteiger charge is 2.21. The zero-order valence-electron chi connectivity index (χ0n) is 12.1. The SMILES string of the molecule is CC(=N[NH+]=C(N)N)C1=CC(C)(C)CCC1.CC(=O)[O-]. The third kappa shape index (κ3) is 8.82. The normalized spacial score (nSPS) is 17.7. The van der Waals surface area contributed by atoms with Crippen molar-refractivity contribution in [3.63, 3.8) is 0 Å². The molecule has 6 nitrogen and oxygen atoms in total. The zero-order chi connectivity index (χ0) is 15.1. The molecule has 0 saturated heterocycles. The van der Waals surface area contributed by atoms with E-state index in [0.717, 1.165) is 19.1 Å². The molecule has 108 valence electrons. The van der Waals surface area contributed by atoms with Crippen LogP contribution in [0.1, 0.15) is 47.0 Å². The van der Waals surface area contributed by atoms with E-state index in [1.807, 2.05) is 6.92 Å². The van der Waals surface area contributed by atoms with Crippen LogP contribution in [0.2, 0.25) is 0 Å². The Morgan fingerprint density at radius 3 is 2.37 bits per heavy atom. The number of hydrazone groups is 1. The Kier molecular flexibility index (Phi) is 6.82. The van der Waals surface area contributed by atoms with Gasteiger partial charge in [0.25, 0.3) is 0 Å². The largest absolute Gasteiger partial charge is 0.550 e. The number of allylic oxidation sites excluding steroid dienone is 2. The quantitative estimate of drug-likeness (QED) is 0.324. The number of rotatable bonds is 2. The van der Waals surface area contributed by atoms with Gasteiger partial charge in [-0.25, -0.2) is 0 Å². The number of carbonyl (C=O) groups is 1. The molecule has 0 aromatic carbocycles. The summed E-state index contributed by atoms with van der Waals surface area (Å²) in [5, 5.41) is 15.6. The van der Waals surface area contributed by atoms with Crippen molar-refractivity contribution >= 4 is 17.6 Å². The Bertz CT molecular complexity index is 401. The Morgan fingerprint density at radius 2 is 1.95 bits per heavy atom. The number of hydrogen-bond acceptors (Lipinski definition) is 3. The number of nitrogens with two attached hydrogens (primary N) is 2. The minimum absolute atomic E-state index is 0.130. The van der Waals surface area contributed by atoms with Gasteiger partial charge in [0.05, 0.1) is 5.71 Å². The van der Waals surface area contributed by atoms with E-state index in [1.165, 1.54) is 18.4 Å². The zero-order valence-corrected chi connectivity index (χ0v) is 12.1. The number of hydrogen-bond donors (Lipinski definition) is 3. The molecule has 6 heteroatoms. The minimum atomic E-state index is -1.08. The van der Waals surface area contributed by atoms with Crippen LogP contribution < -0.4 is 21.7 Å². The van der Waals surface area contributed by atoms with Gasteiger partial charge in [-0.3, -0.25) is 11.5 Å². The van der Waals surface area contributed by atoms with Crippen LogP contribution in [0.15, 0.2) is 16.8 Å². The molecule has 1 aliphatic rings. The first-order valence-corrected chi connectivity index (χ1v) is 6.22. The lowest BCUT2D eigenvalue weighted by Crippen LogP contribution is -2.72. The van der Waals surface area contributed by atoms with Crippen molar-refractivity contribution in [2.45, 2.75) is 47.0 Å². The Balaban J connectivity index is 0.000000711. The Morgan fingerprint density at radius 1 is 1.42 bits per heavy atom. The van der Waals surface area contributed by atoms with E-state index in [1.54, 1.807) is 0 Å². The summed E-state index contributed by atoms with van der Waals surface area (Å²) in [7, 11) is 0. The van der Waals surface area contributed by atoms with Crippen LogP contribution >= 0.6 is 0 Å². The van der Waals surface area contributed by atoms with Crippen molar-refractivity contribution < 1.29 is 15.0 Å². The Labute approximate surface area is 114 Å². The maximum Gasteiger partial charge on any atom is 0.362 e. The van der Waals surface area contributed by atoms with Crippen LogP contribution in [0.3, 0.4) is 0 Å². The number of carbonyl (C=O) groups excluding carboxylic acids is 1. The Hall–Kier alpha value is -1.85. The lowest BCUT2D eigenvalue weighted by molar-refractivity contribution is -0.464. The standard InChI is InChI=1S/C11H20N4.C2H4O2/c1-8(14-15-10(12)13)9-5-4-6-11(2,3)7-9;1-2(3)4/h7H,4-6H2,1-3H3,(H4,12,13,15);1H3,(H,3,4).